The molecule has 0 radical (unpaired) electrons. The smallest absolute Gasteiger partial charge is 0.215 e. The number of rotatable bonds is 7. The maximum atomic E-state index is 12.1. The summed E-state index contributed by atoms with van der Waals surface area (Å²) in [4.78, 5) is 29.3. The van der Waals surface area contributed by atoms with Gasteiger partial charge < -0.3 is 9.77 Å². The molecule has 0 aliphatic rings. The van der Waals surface area contributed by atoms with Crippen molar-refractivity contribution < 1.29 is 10.0 Å². The molecular formula is C34H26Cl2N6O2. The Morgan fingerprint density at radius 2 is 1.34 bits per heavy atom. The van der Waals surface area contributed by atoms with Gasteiger partial charge in [-0.15, -0.1) is 0 Å². The molecule has 6 rings (SSSR count). The van der Waals surface area contributed by atoms with E-state index in [2.05, 4.69) is 31.6 Å². The lowest BCUT2D eigenvalue weighted by Crippen LogP contribution is -2.15. The second-order valence-corrected chi connectivity index (χ2v) is 10.3. The molecule has 0 saturated heterocycles. The predicted octanol–water partition coefficient (Wildman–Crippen LogP) is 8.14. The molecule has 6 aromatic rings. The van der Waals surface area contributed by atoms with Gasteiger partial charge in [-0.05, 0) is 79.7 Å². The van der Waals surface area contributed by atoms with Crippen LogP contribution in [0.3, 0.4) is 0 Å². The molecule has 218 valence electrons. The molecule has 0 spiro atoms. The molecule has 0 aliphatic heterocycles. The summed E-state index contributed by atoms with van der Waals surface area (Å²) in [6.45, 7) is 2.91. The highest BCUT2D eigenvalue weighted by molar-refractivity contribution is 6.51. The van der Waals surface area contributed by atoms with Gasteiger partial charge in [0.25, 0.3) is 0 Å². The highest BCUT2D eigenvalue weighted by Gasteiger charge is 2.20. The topological polar surface area (TPSA) is 106 Å². The van der Waals surface area contributed by atoms with Crippen LogP contribution in [0.1, 0.15) is 22.8 Å². The van der Waals surface area contributed by atoms with Crippen LogP contribution >= 0.6 is 23.2 Å². The van der Waals surface area contributed by atoms with Crippen LogP contribution < -0.4 is 0 Å². The SMILES string of the molecule is CCn1c(-c2cccnc2)nc(-c2ccncc2)c1-c1ccc(Cl)cc1.O=C(C(=NO)c1ccncc1)c1ccc(Cl)cc1. The molecule has 10 heteroatoms. The number of nitrogens with zero attached hydrogens (tertiary/aromatic N) is 6. The van der Waals surface area contributed by atoms with Gasteiger partial charge in [0, 0.05) is 81.6 Å². The van der Waals surface area contributed by atoms with E-state index in [0.717, 1.165) is 40.4 Å². The Labute approximate surface area is 264 Å². The molecule has 8 nitrogen and oxygen atoms in total. The average Bonchev–Trinajstić information content (AvgIpc) is 3.47. The van der Waals surface area contributed by atoms with Gasteiger partial charge >= 0.3 is 0 Å². The van der Waals surface area contributed by atoms with Gasteiger partial charge in [-0.2, -0.15) is 0 Å². The lowest BCUT2D eigenvalue weighted by atomic mass is 10.0. The van der Waals surface area contributed by atoms with Gasteiger partial charge in [-0.25, -0.2) is 4.98 Å². The number of hydrogen-bond acceptors (Lipinski definition) is 7. The standard InChI is InChI=1S/C21H17ClN4.C13H9ClN2O2/c1-2-26-20(16-5-7-18(22)8-6-16)19(15-9-12-23-13-10-15)25-21(26)17-4-3-11-24-14-17;14-11-3-1-10(2-4-11)13(17)12(16-18)9-5-7-15-8-6-9/h3-14H,2H2,1H3;1-8,18H. The third kappa shape index (κ3) is 6.89. The van der Waals surface area contributed by atoms with E-state index in [1.54, 1.807) is 55.0 Å². The fraction of sp³-hybridized carbons (Fsp3) is 0.0588. The third-order valence-electron chi connectivity index (χ3n) is 6.65. The molecular weight excluding hydrogens is 595 g/mol. The molecule has 1 N–H and O–H groups in total. The van der Waals surface area contributed by atoms with Gasteiger partial charge in [0.2, 0.25) is 5.78 Å². The molecule has 4 heterocycles. The average molecular weight is 622 g/mol. The van der Waals surface area contributed by atoms with E-state index in [1.807, 2.05) is 54.7 Å². The first-order valence-electron chi connectivity index (χ1n) is 13.6. The molecule has 0 fully saturated rings. The summed E-state index contributed by atoms with van der Waals surface area (Å²) in [6, 6.07) is 25.4. The summed E-state index contributed by atoms with van der Waals surface area (Å²) < 4.78 is 2.22. The lowest BCUT2D eigenvalue weighted by Gasteiger charge is -2.11. The van der Waals surface area contributed by atoms with Gasteiger partial charge in [0.1, 0.15) is 5.82 Å². The summed E-state index contributed by atoms with van der Waals surface area (Å²) in [5, 5.41) is 13.3. The number of hydrogen-bond donors (Lipinski definition) is 1. The van der Waals surface area contributed by atoms with Gasteiger partial charge in [-0.3, -0.25) is 19.7 Å². The molecule has 0 unspecified atom stereocenters. The van der Waals surface area contributed by atoms with Crippen LogP contribution in [0, 0.1) is 0 Å². The highest BCUT2D eigenvalue weighted by atomic mass is 35.5. The number of aromatic nitrogens is 5. The van der Waals surface area contributed by atoms with Crippen molar-refractivity contribution in [1.29, 1.82) is 0 Å². The van der Waals surface area contributed by atoms with Gasteiger partial charge in [0.15, 0.2) is 5.71 Å². The molecule has 0 saturated carbocycles. The lowest BCUT2D eigenvalue weighted by molar-refractivity contribution is 0.106. The van der Waals surface area contributed by atoms with E-state index in [0.29, 0.717) is 21.2 Å². The first-order chi connectivity index (χ1) is 21.5. The van der Waals surface area contributed by atoms with Crippen LogP contribution in [-0.2, 0) is 6.54 Å². The normalized spacial score (nSPS) is 11.0. The zero-order valence-corrected chi connectivity index (χ0v) is 25.1. The summed E-state index contributed by atoms with van der Waals surface area (Å²) in [5.41, 5.74) is 5.97. The van der Waals surface area contributed by atoms with Crippen molar-refractivity contribution in [2.75, 3.05) is 0 Å². The molecule has 0 amide bonds. The van der Waals surface area contributed by atoms with Crippen molar-refractivity contribution >= 4 is 34.7 Å². The van der Waals surface area contributed by atoms with Crippen LogP contribution in [0.15, 0.2) is 127 Å². The number of benzene rings is 2. The van der Waals surface area contributed by atoms with Crippen LogP contribution in [0.4, 0.5) is 0 Å². The van der Waals surface area contributed by atoms with Crippen molar-refractivity contribution in [1.82, 2.24) is 24.5 Å². The molecule has 44 heavy (non-hydrogen) atoms. The van der Waals surface area contributed by atoms with Crippen molar-refractivity contribution in [2.24, 2.45) is 5.16 Å². The second-order valence-electron chi connectivity index (χ2n) is 9.38. The number of oxime groups is 1. The maximum absolute atomic E-state index is 12.1. The van der Waals surface area contributed by atoms with Crippen LogP contribution in [0.25, 0.3) is 33.9 Å². The van der Waals surface area contributed by atoms with Crippen molar-refractivity contribution in [3.05, 3.63) is 143 Å². The van der Waals surface area contributed by atoms with Crippen molar-refractivity contribution in [3.8, 4) is 33.9 Å². The van der Waals surface area contributed by atoms with E-state index in [1.165, 1.54) is 12.4 Å². The fourth-order valence-corrected chi connectivity index (χ4v) is 4.82. The number of imidazole rings is 1. The maximum Gasteiger partial charge on any atom is 0.215 e. The molecule has 2 aromatic carbocycles. The van der Waals surface area contributed by atoms with Crippen LogP contribution in [-0.4, -0.2) is 41.2 Å². The molecule has 0 bridgehead atoms. The number of carbonyl (C=O) groups excluding carboxylic acids is 1. The summed E-state index contributed by atoms with van der Waals surface area (Å²) in [6.07, 6.45) is 10.2. The fourth-order valence-electron chi connectivity index (χ4n) is 4.57. The van der Waals surface area contributed by atoms with Crippen LogP contribution in [0.2, 0.25) is 10.0 Å². The van der Waals surface area contributed by atoms with Crippen molar-refractivity contribution in [3.63, 3.8) is 0 Å². The molecule has 4 aromatic heterocycles. The Morgan fingerprint density at radius 3 is 1.91 bits per heavy atom. The first-order valence-corrected chi connectivity index (χ1v) is 14.4. The number of Topliss-reactive ketones (excluding diaryl/α,β-unsaturated/α-hetero) is 1. The molecule has 0 aliphatic carbocycles. The number of halogens is 2. The Morgan fingerprint density at radius 1 is 0.727 bits per heavy atom. The zero-order chi connectivity index (χ0) is 30.9. The van der Waals surface area contributed by atoms with E-state index < -0.39 is 0 Å². The number of pyridine rings is 3. The van der Waals surface area contributed by atoms with E-state index in [4.69, 9.17) is 33.4 Å². The van der Waals surface area contributed by atoms with E-state index in [9.17, 15) is 4.79 Å². The van der Waals surface area contributed by atoms with E-state index >= 15 is 0 Å². The van der Waals surface area contributed by atoms with Crippen LogP contribution in [0.5, 0.6) is 0 Å². The predicted molar refractivity (Wildman–Crippen MR) is 173 cm³/mol. The third-order valence-corrected chi connectivity index (χ3v) is 7.15. The summed E-state index contributed by atoms with van der Waals surface area (Å²) >= 11 is 11.8. The minimum atomic E-state index is -0.375. The van der Waals surface area contributed by atoms with Gasteiger partial charge in [0.05, 0.1) is 11.4 Å². The number of carbonyl (C=O) groups is 1. The molecule has 0 atom stereocenters. The minimum Gasteiger partial charge on any atom is -0.410 e. The van der Waals surface area contributed by atoms with Gasteiger partial charge in [-0.1, -0.05) is 40.5 Å². The van der Waals surface area contributed by atoms with Crippen molar-refractivity contribution in [2.45, 2.75) is 13.5 Å². The number of ketones is 1. The Hall–Kier alpha value is -5.18. The second kappa shape index (κ2) is 14.3. The largest absolute Gasteiger partial charge is 0.410 e. The van der Waals surface area contributed by atoms with E-state index in [-0.39, 0.29) is 11.5 Å². The minimum absolute atomic E-state index is 0.0280. The monoisotopic (exact) mass is 620 g/mol. The first kappa shape index (κ1) is 30.3. The quantitative estimate of drug-likeness (QED) is 0.0835. The summed E-state index contributed by atoms with van der Waals surface area (Å²) in [5.74, 6) is 0.526. The Bertz CT molecular complexity index is 1860. The Kier molecular flexibility index (Phi) is 9.86. The highest BCUT2D eigenvalue weighted by Crippen LogP contribution is 2.36. The zero-order valence-electron chi connectivity index (χ0n) is 23.5. The Balaban J connectivity index is 0.000000187. The summed E-state index contributed by atoms with van der Waals surface area (Å²) in [7, 11) is 0.